The first-order valence-corrected chi connectivity index (χ1v) is 9.50. The third-order valence-corrected chi connectivity index (χ3v) is 5.66. The lowest BCUT2D eigenvalue weighted by Crippen LogP contribution is -2.48. The Kier molecular flexibility index (Phi) is 5.23. The van der Waals surface area contributed by atoms with Crippen molar-refractivity contribution in [2.75, 3.05) is 26.2 Å². The summed E-state index contributed by atoms with van der Waals surface area (Å²) in [5.41, 5.74) is 1.17. The zero-order chi connectivity index (χ0) is 15.4. The third-order valence-electron chi connectivity index (χ3n) is 3.84. The van der Waals surface area contributed by atoms with Gasteiger partial charge in [-0.2, -0.15) is 0 Å². The molecule has 1 aliphatic rings. The van der Waals surface area contributed by atoms with Crippen molar-refractivity contribution < 1.29 is 4.79 Å². The first-order chi connectivity index (χ1) is 10.8. The van der Waals surface area contributed by atoms with E-state index in [2.05, 4.69) is 22.2 Å². The van der Waals surface area contributed by atoms with Gasteiger partial charge in [0.1, 0.15) is 0 Å². The molecule has 1 fully saturated rings. The Morgan fingerprint density at radius 1 is 1.27 bits per heavy atom. The monoisotopic (exact) mass is 335 g/mol. The number of carbonyl (C=O) groups excluding carboxylic acids is 1. The molecule has 118 valence electrons. The van der Waals surface area contributed by atoms with Crippen molar-refractivity contribution in [1.29, 1.82) is 0 Å². The number of nitrogens with zero attached hydrogens (tertiary/aromatic N) is 3. The number of thiophene rings is 1. The Hall–Kier alpha value is -1.24. The van der Waals surface area contributed by atoms with Crippen LogP contribution in [0.1, 0.15) is 33.7 Å². The number of aryl methyl sites for hydroxylation is 1. The molecule has 2 aromatic heterocycles. The topological polar surface area (TPSA) is 36.4 Å². The highest BCUT2D eigenvalue weighted by atomic mass is 32.1. The maximum absolute atomic E-state index is 12.3. The van der Waals surface area contributed by atoms with Gasteiger partial charge in [-0.05, 0) is 24.3 Å². The van der Waals surface area contributed by atoms with Gasteiger partial charge in [0.05, 0.1) is 15.6 Å². The van der Waals surface area contributed by atoms with Crippen LogP contribution in [-0.2, 0) is 13.0 Å². The number of carbonyl (C=O) groups is 1. The summed E-state index contributed by atoms with van der Waals surface area (Å²) in [5.74, 6) is 0.175. The second-order valence-corrected chi connectivity index (χ2v) is 7.42. The molecular formula is C16H21N3OS2. The lowest BCUT2D eigenvalue weighted by Gasteiger charge is -2.34. The van der Waals surface area contributed by atoms with Gasteiger partial charge in [-0.3, -0.25) is 9.69 Å². The summed E-state index contributed by atoms with van der Waals surface area (Å²) < 4.78 is 0. The third kappa shape index (κ3) is 3.74. The molecule has 0 saturated carbocycles. The minimum absolute atomic E-state index is 0.175. The van der Waals surface area contributed by atoms with E-state index in [1.54, 1.807) is 11.3 Å². The summed E-state index contributed by atoms with van der Waals surface area (Å²) in [6.07, 6.45) is 2.23. The summed E-state index contributed by atoms with van der Waals surface area (Å²) >= 11 is 3.29. The molecule has 4 nitrogen and oxygen atoms in total. The lowest BCUT2D eigenvalue weighted by molar-refractivity contribution is 0.0632. The molecule has 1 amide bonds. The number of hydrogen-bond donors (Lipinski definition) is 0. The van der Waals surface area contributed by atoms with Crippen molar-refractivity contribution in [3.63, 3.8) is 0 Å². The second kappa shape index (κ2) is 7.35. The van der Waals surface area contributed by atoms with Gasteiger partial charge < -0.3 is 4.90 Å². The maximum Gasteiger partial charge on any atom is 0.264 e. The van der Waals surface area contributed by atoms with Gasteiger partial charge >= 0.3 is 0 Å². The van der Waals surface area contributed by atoms with E-state index in [1.807, 2.05) is 22.4 Å². The molecule has 0 aliphatic carbocycles. The molecule has 0 atom stereocenters. The molecule has 0 spiro atoms. The van der Waals surface area contributed by atoms with Crippen molar-refractivity contribution in [2.24, 2.45) is 0 Å². The van der Waals surface area contributed by atoms with Crippen LogP contribution in [0.5, 0.6) is 0 Å². The molecule has 0 aromatic carbocycles. The van der Waals surface area contributed by atoms with Crippen molar-refractivity contribution in [3.05, 3.63) is 38.5 Å². The smallest absolute Gasteiger partial charge is 0.264 e. The number of rotatable bonds is 5. The van der Waals surface area contributed by atoms with Crippen LogP contribution in [0, 0.1) is 0 Å². The number of aromatic nitrogens is 1. The van der Waals surface area contributed by atoms with E-state index >= 15 is 0 Å². The maximum atomic E-state index is 12.3. The fraction of sp³-hybridized carbons (Fsp3) is 0.500. The van der Waals surface area contributed by atoms with E-state index in [9.17, 15) is 4.79 Å². The normalized spacial score (nSPS) is 16.1. The Morgan fingerprint density at radius 3 is 2.77 bits per heavy atom. The highest BCUT2D eigenvalue weighted by Crippen LogP contribution is 2.16. The molecule has 1 aliphatic heterocycles. The molecule has 2 aromatic rings. The summed E-state index contributed by atoms with van der Waals surface area (Å²) in [4.78, 5) is 22.2. The highest BCUT2D eigenvalue weighted by molar-refractivity contribution is 7.12. The molecule has 0 N–H and O–H groups in total. The SMILES string of the molecule is CCCc1nc(CN2CCN(C(=O)c3cccs3)CC2)cs1. The number of amides is 1. The zero-order valence-corrected chi connectivity index (χ0v) is 14.5. The fourth-order valence-corrected chi connectivity index (χ4v) is 4.23. The fourth-order valence-electron chi connectivity index (χ4n) is 2.64. The molecule has 1 saturated heterocycles. The van der Waals surface area contributed by atoms with Crippen LogP contribution in [-0.4, -0.2) is 46.9 Å². The van der Waals surface area contributed by atoms with Crippen LogP contribution in [0.4, 0.5) is 0 Å². The Balaban J connectivity index is 1.50. The zero-order valence-electron chi connectivity index (χ0n) is 12.8. The van der Waals surface area contributed by atoms with Crippen LogP contribution in [0.2, 0.25) is 0 Å². The predicted molar refractivity (Wildman–Crippen MR) is 91.6 cm³/mol. The predicted octanol–water partition coefficient (Wildman–Crippen LogP) is 3.12. The van der Waals surface area contributed by atoms with Gasteiger partial charge in [0.15, 0.2) is 0 Å². The van der Waals surface area contributed by atoms with Crippen LogP contribution in [0.15, 0.2) is 22.9 Å². The van der Waals surface area contributed by atoms with Crippen molar-refractivity contribution in [1.82, 2.24) is 14.8 Å². The summed E-state index contributed by atoms with van der Waals surface area (Å²) in [7, 11) is 0. The Labute approximate surface area is 139 Å². The van der Waals surface area contributed by atoms with Gasteiger partial charge in [0.25, 0.3) is 5.91 Å². The minimum Gasteiger partial charge on any atom is -0.335 e. The molecule has 3 heterocycles. The number of thiazole rings is 1. The van der Waals surface area contributed by atoms with E-state index in [1.165, 1.54) is 22.0 Å². The lowest BCUT2D eigenvalue weighted by atomic mass is 10.2. The highest BCUT2D eigenvalue weighted by Gasteiger charge is 2.23. The molecule has 6 heteroatoms. The summed E-state index contributed by atoms with van der Waals surface area (Å²) in [6, 6.07) is 3.84. The van der Waals surface area contributed by atoms with Gasteiger partial charge in [0, 0.05) is 38.1 Å². The molecular weight excluding hydrogens is 314 g/mol. The van der Waals surface area contributed by atoms with Gasteiger partial charge in [-0.25, -0.2) is 4.98 Å². The summed E-state index contributed by atoms with van der Waals surface area (Å²) in [6.45, 7) is 6.56. The molecule has 22 heavy (non-hydrogen) atoms. The van der Waals surface area contributed by atoms with Crippen LogP contribution in [0.3, 0.4) is 0 Å². The average molecular weight is 335 g/mol. The molecule has 3 rings (SSSR count). The molecule has 0 radical (unpaired) electrons. The standard InChI is InChI=1S/C16H21N3OS2/c1-2-4-15-17-13(12-22-15)11-18-6-8-19(9-7-18)16(20)14-5-3-10-21-14/h3,5,10,12H,2,4,6-9,11H2,1H3. The Bertz CT molecular complexity index is 601. The van der Waals surface area contributed by atoms with E-state index < -0.39 is 0 Å². The first kappa shape index (κ1) is 15.6. The van der Waals surface area contributed by atoms with Crippen molar-refractivity contribution >= 4 is 28.6 Å². The largest absolute Gasteiger partial charge is 0.335 e. The van der Waals surface area contributed by atoms with E-state index in [4.69, 9.17) is 0 Å². The first-order valence-electron chi connectivity index (χ1n) is 7.74. The van der Waals surface area contributed by atoms with Gasteiger partial charge in [-0.1, -0.05) is 13.0 Å². The Morgan fingerprint density at radius 2 is 2.09 bits per heavy atom. The minimum atomic E-state index is 0.175. The van der Waals surface area contributed by atoms with Gasteiger partial charge in [-0.15, -0.1) is 22.7 Å². The van der Waals surface area contributed by atoms with E-state index in [-0.39, 0.29) is 5.91 Å². The van der Waals surface area contributed by atoms with Gasteiger partial charge in [0.2, 0.25) is 0 Å². The number of piperazine rings is 1. The summed E-state index contributed by atoms with van der Waals surface area (Å²) in [5, 5.41) is 5.37. The van der Waals surface area contributed by atoms with E-state index in [0.717, 1.165) is 50.4 Å². The molecule has 0 bridgehead atoms. The quantitative estimate of drug-likeness (QED) is 0.842. The van der Waals surface area contributed by atoms with Crippen LogP contribution >= 0.6 is 22.7 Å². The van der Waals surface area contributed by atoms with E-state index in [0.29, 0.717) is 0 Å². The van der Waals surface area contributed by atoms with Crippen molar-refractivity contribution in [3.8, 4) is 0 Å². The molecule has 0 unspecified atom stereocenters. The second-order valence-electron chi connectivity index (χ2n) is 5.53. The van der Waals surface area contributed by atoms with Crippen LogP contribution in [0.25, 0.3) is 0 Å². The average Bonchev–Trinajstić information content (AvgIpc) is 3.20. The van der Waals surface area contributed by atoms with Crippen LogP contribution < -0.4 is 0 Å². The van der Waals surface area contributed by atoms with Crippen molar-refractivity contribution in [2.45, 2.75) is 26.3 Å². The number of hydrogen-bond acceptors (Lipinski definition) is 5.